The first-order chi connectivity index (χ1) is 24.2. The Morgan fingerprint density at radius 1 is 0.327 bits per heavy atom. The van der Waals surface area contributed by atoms with Crippen LogP contribution in [-0.2, 0) is 19.1 Å². The molecule has 1 rings (SSSR count). The fourth-order valence-electron chi connectivity index (χ4n) is 7.23. The van der Waals surface area contributed by atoms with Gasteiger partial charge < -0.3 is 9.47 Å². The average Bonchev–Trinajstić information content (AvgIpc) is 3.93. The van der Waals surface area contributed by atoms with Crippen molar-refractivity contribution in [1.82, 2.24) is 0 Å². The summed E-state index contributed by atoms with van der Waals surface area (Å²) in [6.45, 7) is 5.45. The van der Waals surface area contributed by atoms with Crippen LogP contribution < -0.4 is 0 Å². The number of carbonyl (C=O) groups is 2. The molecule has 1 aliphatic carbocycles. The molecular formula is C45H86O4. The molecule has 49 heavy (non-hydrogen) atoms. The quantitative estimate of drug-likeness (QED) is 0.0365. The minimum Gasteiger partial charge on any atom is -0.465 e. The van der Waals surface area contributed by atoms with E-state index in [1.165, 1.54) is 205 Å². The highest BCUT2D eigenvalue weighted by atomic mass is 16.6. The molecule has 0 spiro atoms. The molecule has 1 saturated carbocycles. The molecule has 0 amide bonds. The molecule has 0 aliphatic heterocycles. The van der Waals surface area contributed by atoms with Crippen LogP contribution in [0.2, 0.25) is 0 Å². The topological polar surface area (TPSA) is 52.6 Å². The molecule has 1 fully saturated rings. The highest BCUT2D eigenvalue weighted by Crippen LogP contribution is 2.48. The van der Waals surface area contributed by atoms with Crippen molar-refractivity contribution in [3.8, 4) is 0 Å². The van der Waals surface area contributed by atoms with Crippen molar-refractivity contribution in [2.24, 2.45) is 5.41 Å². The zero-order valence-corrected chi connectivity index (χ0v) is 33.4. The molecule has 4 heteroatoms. The fraction of sp³-hybridized carbons (Fsp3) is 0.956. The van der Waals surface area contributed by atoms with Crippen LogP contribution in [-0.4, -0.2) is 25.2 Å². The summed E-state index contributed by atoms with van der Waals surface area (Å²) >= 11 is 0. The molecule has 4 nitrogen and oxygen atoms in total. The summed E-state index contributed by atoms with van der Waals surface area (Å²) in [5, 5.41) is 0. The van der Waals surface area contributed by atoms with Gasteiger partial charge in [0.25, 0.3) is 0 Å². The summed E-state index contributed by atoms with van der Waals surface area (Å²) in [5.74, 6) is -0.690. The van der Waals surface area contributed by atoms with Crippen LogP contribution in [0, 0.1) is 5.41 Å². The Balaban J connectivity index is 1.82. The van der Waals surface area contributed by atoms with Crippen molar-refractivity contribution in [3.05, 3.63) is 0 Å². The number of unbranched alkanes of at least 4 members (excludes halogenated alkanes) is 34. The highest BCUT2D eigenvalue weighted by Gasteiger charge is 2.59. The van der Waals surface area contributed by atoms with Gasteiger partial charge in [-0.1, -0.05) is 232 Å². The minimum atomic E-state index is -0.984. The predicted octanol–water partition coefficient (Wildman–Crippen LogP) is 14.9. The second-order valence-electron chi connectivity index (χ2n) is 15.9. The second-order valence-corrected chi connectivity index (χ2v) is 15.9. The average molecular weight is 691 g/mol. The molecule has 1 aliphatic rings. The van der Waals surface area contributed by atoms with Gasteiger partial charge in [-0.25, -0.2) is 0 Å². The van der Waals surface area contributed by atoms with Crippen molar-refractivity contribution < 1.29 is 19.1 Å². The zero-order valence-electron chi connectivity index (χ0n) is 33.4. The van der Waals surface area contributed by atoms with E-state index in [4.69, 9.17) is 9.47 Å². The standard InChI is InChI=1S/C45H86O4/c1-3-5-7-9-11-13-15-17-19-21-23-25-27-29-31-33-35-37-41-48-43(46)45(39-40-45)44(47)49-42-38-36-34-32-30-28-26-24-22-20-18-16-14-12-10-8-6-4-2/h3-42H2,1-2H3. The Labute approximate surface area is 306 Å². The van der Waals surface area contributed by atoms with E-state index in [-0.39, 0.29) is 11.9 Å². The molecule has 0 aromatic carbocycles. The van der Waals surface area contributed by atoms with E-state index in [2.05, 4.69) is 13.8 Å². The lowest BCUT2D eigenvalue weighted by Gasteiger charge is -2.14. The highest BCUT2D eigenvalue weighted by molar-refractivity contribution is 6.03. The smallest absolute Gasteiger partial charge is 0.323 e. The van der Waals surface area contributed by atoms with Crippen LogP contribution in [0.25, 0.3) is 0 Å². The van der Waals surface area contributed by atoms with Gasteiger partial charge in [-0.15, -0.1) is 0 Å². The Bertz CT molecular complexity index is 659. The maximum Gasteiger partial charge on any atom is 0.323 e. The summed E-state index contributed by atoms with van der Waals surface area (Å²) in [7, 11) is 0. The molecule has 0 radical (unpaired) electrons. The predicted molar refractivity (Wildman–Crippen MR) is 211 cm³/mol. The van der Waals surface area contributed by atoms with Gasteiger partial charge >= 0.3 is 11.9 Å². The van der Waals surface area contributed by atoms with Gasteiger partial charge in [0.1, 0.15) is 0 Å². The number of ether oxygens (including phenoxy) is 2. The molecular weight excluding hydrogens is 604 g/mol. The van der Waals surface area contributed by atoms with Crippen molar-refractivity contribution in [3.63, 3.8) is 0 Å². The maximum atomic E-state index is 12.6. The van der Waals surface area contributed by atoms with Crippen LogP contribution in [0.5, 0.6) is 0 Å². The second kappa shape index (κ2) is 35.3. The third-order valence-corrected chi connectivity index (χ3v) is 11.0. The lowest BCUT2D eigenvalue weighted by atomic mass is 10.0. The molecule has 0 saturated heterocycles. The summed E-state index contributed by atoms with van der Waals surface area (Å²) in [6, 6.07) is 0. The Morgan fingerprint density at radius 2 is 0.510 bits per heavy atom. The van der Waals surface area contributed by atoms with E-state index >= 15 is 0 Å². The Hall–Kier alpha value is -1.06. The van der Waals surface area contributed by atoms with Gasteiger partial charge in [-0.2, -0.15) is 0 Å². The minimum absolute atomic E-state index is 0.345. The molecule has 0 aromatic rings. The third kappa shape index (κ3) is 28.2. The van der Waals surface area contributed by atoms with Crippen molar-refractivity contribution in [2.45, 2.75) is 258 Å². The van der Waals surface area contributed by atoms with E-state index < -0.39 is 5.41 Å². The van der Waals surface area contributed by atoms with Gasteiger partial charge in [0.15, 0.2) is 5.41 Å². The van der Waals surface area contributed by atoms with E-state index in [0.717, 1.165) is 25.7 Å². The van der Waals surface area contributed by atoms with Crippen molar-refractivity contribution in [1.29, 1.82) is 0 Å². The first-order valence-electron chi connectivity index (χ1n) is 22.5. The van der Waals surface area contributed by atoms with Gasteiger partial charge in [-0.3, -0.25) is 9.59 Å². The van der Waals surface area contributed by atoms with Crippen LogP contribution in [0.3, 0.4) is 0 Å². The normalized spacial score (nSPS) is 13.5. The molecule has 0 N–H and O–H groups in total. The fourth-order valence-corrected chi connectivity index (χ4v) is 7.23. The Kier molecular flexibility index (Phi) is 33.2. The van der Waals surface area contributed by atoms with Gasteiger partial charge in [-0.05, 0) is 25.7 Å². The van der Waals surface area contributed by atoms with Gasteiger partial charge in [0, 0.05) is 0 Å². The molecule has 0 aromatic heterocycles. The van der Waals surface area contributed by atoms with Crippen LogP contribution >= 0.6 is 0 Å². The number of carbonyl (C=O) groups excluding carboxylic acids is 2. The van der Waals surface area contributed by atoms with Crippen LogP contribution in [0.4, 0.5) is 0 Å². The molecule has 0 atom stereocenters. The van der Waals surface area contributed by atoms with Crippen LogP contribution in [0.1, 0.15) is 258 Å². The number of hydrogen-bond donors (Lipinski definition) is 0. The first kappa shape index (κ1) is 46.0. The van der Waals surface area contributed by atoms with E-state index in [0.29, 0.717) is 26.1 Å². The summed E-state index contributed by atoms with van der Waals surface area (Å²) in [5.41, 5.74) is -0.984. The SMILES string of the molecule is CCCCCCCCCCCCCCCCCCCCOC(=O)C1(C(=O)OCCCCCCCCCCCCCCCCCCCC)CC1. The number of esters is 2. The van der Waals surface area contributed by atoms with E-state index in [9.17, 15) is 9.59 Å². The number of rotatable bonds is 40. The summed E-state index contributed by atoms with van der Waals surface area (Å²) < 4.78 is 11.0. The van der Waals surface area contributed by atoms with Crippen LogP contribution in [0.15, 0.2) is 0 Å². The molecule has 0 unspecified atom stereocenters. The summed E-state index contributed by atoms with van der Waals surface area (Å²) in [6.07, 6.45) is 49.5. The third-order valence-electron chi connectivity index (χ3n) is 11.0. The van der Waals surface area contributed by atoms with E-state index in [1.54, 1.807) is 0 Å². The lowest BCUT2D eigenvalue weighted by molar-refractivity contribution is -0.164. The van der Waals surface area contributed by atoms with Gasteiger partial charge in [0.05, 0.1) is 13.2 Å². The molecule has 0 bridgehead atoms. The van der Waals surface area contributed by atoms with Crippen molar-refractivity contribution in [2.75, 3.05) is 13.2 Å². The molecule has 0 heterocycles. The molecule has 290 valence electrons. The first-order valence-corrected chi connectivity index (χ1v) is 22.5. The maximum absolute atomic E-state index is 12.6. The van der Waals surface area contributed by atoms with Crippen molar-refractivity contribution >= 4 is 11.9 Å². The van der Waals surface area contributed by atoms with Gasteiger partial charge in [0.2, 0.25) is 0 Å². The van der Waals surface area contributed by atoms with E-state index in [1.807, 2.05) is 0 Å². The zero-order chi connectivity index (χ0) is 35.4. The monoisotopic (exact) mass is 691 g/mol. The Morgan fingerprint density at radius 3 is 0.694 bits per heavy atom. The lowest BCUT2D eigenvalue weighted by Crippen LogP contribution is -2.30. The summed E-state index contributed by atoms with van der Waals surface area (Å²) in [4.78, 5) is 25.3. The largest absolute Gasteiger partial charge is 0.465 e. The number of hydrogen-bond acceptors (Lipinski definition) is 4.